The summed E-state index contributed by atoms with van der Waals surface area (Å²) in [5, 5.41) is 1.17. The van der Waals surface area contributed by atoms with Gasteiger partial charge < -0.3 is 4.98 Å². The molecule has 1 N–H and O–H groups in total. The summed E-state index contributed by atoms with van der Waals surface area (Å²) in [6.45, 7) is 6.57. The SMILES string of the molecule is CC(C)(C)c1[c-]c2ccccc2[nH]1.[Y]. The summed E-state index contributed by atoms with van der Waals surface area (Å²) in [4.78, 5) is 3.38. The Bertz CT molecular complexity index is 390. The maximum absolute atomic E-state index is 3.38. The van der Waals surface area contributed by atoms with Crippen molar-refractivity contribution in [1.82, 2.24) is 4.98 Å². The first-order valence-corrected chi connectivity index (χ1v) is 4.58. The Hall–Kier alpha value is -0.136. The molecule has 1 aromatic heterocycles. The van der Waals surface area contributed by atoms with E-state index in [1.807, 2.05) is 12.1 Å². The molecule has 0 saturated heterocycles. The Morgan fingerprint density at radius 1 is 1.14 bits per heavy atom. The van der Waals surface area contributed by atoms with Crippen LogP contribution in [0.15, 0.2) is 24.3 Å². The summed E-state index contributed by atoms with van der Waals surface area (Å²) in [6, 6.07) is 11.6. The molecule has 0 atom stereocenters. The monoisotopic (exact) mass is 261 g/mol. The minimum atomic E-state index is 0. The average molecular weight is 261 g/mol. The van der Waals surface area contributed by atoms with Crippen molar-refractivity contribution in [3.63, 3.8) is 0 Å². The molecule has 0 aliphatic heterocycles. The van der Waals surface area contributed by atoms with E-state index in [1.54, 1.807) is 0 Å². The molecule has 1 heterocycles. The Morgan fingerprint density at radius 3 is 2.36 bits per heavy atom. The summed E-state index contributed by atoms with van der Waals surface area (Å²) >= 11 is 0. The number of benzene rings is 1. The molecule has 71 valence electrons. The third-order valence-corrected chi connectivity index (χ3v) is 2.20. The summed E-state index contributed by atoms with van der Waals surface area (Å²) in [7, 11) is 0. The van der Waals surface area contributed by atoms with Gasteiger partial charge in [0.05, 0.1) is 0 Å². The van der Waals surface area contributed by atoms with E-state index in [0.29, 0.717) is 0 Å². The molecule has 1 nitrogen and oxygen atoms in total. The van der Waals surface area contributed by atoms with Gasteiger partial charge in [0.2, 0.25) is 0 Å². The molecule has 1 radical (unpaired) electrons. The second kappa shape index (κ2) is 4.16. The van der Waals surface area contributed by atoms with Crippen LogP contribution >= 0.6 is 0 Å². The Labute approximate surface area is 110 Å². The molecule has 0 aliphatic carbocycles. The predicted molar refractivity (Wildman–Crippen MR) is 55.8 cm³/mol. The van der Waals surface area contributed by atoms with Crippen molar-refractivity contribution in [2.45, 2.75) is 26.2 Å². The number of H-pyrrole nitrogens is 1. The van der Waals surface area contributed by atoms with Crippen LogP contribution in [-0.4, -0.2) is 4.98 Å². The molecule has 2 rings (SSSR count). The maximum Gasteiger partial charge on any atom is 0 e. The van der Waals surface area contributed by atoms with E-state index < -0.39 is 0 Å². The average Bonchev–Trinajstić information content (AvgIpc) is 2.45. The molecule has 14 heavy (non-hydrogen) atoms. The normalized spacial score (nSPS) is 11.4. The smallest absolute Gasteiger partial charge is 0 e. The molecule has 0 bridgehead atoms. The molecule has 0 amide bonds. The number of rotatable bonds is 0. The summed E-state index contributed by atoms with van der Waals surface area (Å²) in [6.07, 6.45) is 0. The first-order valence-electron chi connectivity index (χ1n) is 4.58. The van der Waals surface area contributed by atoms with Gasteiger partial charge in [-0.3, -0.25) is 0 Å². The van der Waals surface area contributed by atoms with Crippen LogP contribution in [0.5, 0.6) is 0 Å². The van der Waals surface area contributed by atoms with Crippen molar-refractivity contribution in [2.75, 3.05) is 0 Å². The zero-order chi connectivity index (χ0) is 9.47. The summed E-state index contributed by atoms with van der Waals surface area (Å²) in [5.41, 5.74) is 2.50. The third-order valence-electron chi connectivity index (χ3n) is 2.20. The standard InChI is InChI=1S/C12H14N.Y/c1-12(2,3)11-8-9-6-4-5-7-10(9)13-11;/h4-7,13H,1-3H3;/q-1;. The molecule has 1 aromatic carbocycles. The second-order valence-corrected chi connectivity index (χ2v) is 4.42. The number of para-hydroxylation sites is 1. The van der Waals surface area contributed by atoms with Crippen LogP contribution in [0, 0.1) is 6.07 Å². The maximum atomic E-state index is 3.38. The van der Waals surface area contributed by atoms with Crippen LogP contribution in [0.25, 0.3) is 10.9 Å². The number of nitrogens with one attached hydrogen (secondary N) is 1. The fourth-order valence-corrected chi connectivity index (χ4v) is 1.38. The van der Waals surface area contributed by atoms with Gasteiger partial charge in [0.15, 0.2) is 0 Å². The van der Waals surface area contributed by atoms with Crippen LogP contribution in [-0.2, 0) is 38.1 Å². The third kappa shape index (κ3) is 2.26. The number of aromatic nitrogens is 1. The summed E-state index contributed by atoms with van der Waals surface area (Å²) < 4.78 is 0. The molecule has 0 fully saturated rings. The quantitative estimate of drug-likeness (QED) is 0.700. The van der Waals surface area contributed by atoms with Gasteiger partial charge in [-0.05, 0) is 5.41 Å². The molecule has 0 saturated carbocycles. The van der Waals surface area contributed by atoms with Crippen LogP contribution in [0.2, 0.25) is 0 Å². The zero-order valence-corrected chi connectivity index (χ0v) is 11.7. The molecular weight excluding hydrogens is 247 g/mol. The van der Waals surface area contributed by atoms with Gasteiger partial charge >= 0.3 is 0 Å². The first kappa shape index (κ1) is 11.9. The Morgan fingerprint density at radius 2 is 1.79 bits per heavy atom. The van der Waals surface area contributed by atoms with E-state index in [1.165, 1.54) is 16.6 Å². The Kier molecular flexibility index (Phi) is 3.55. The van der Waals surface area contributed by atoms with Gasteiger partial charge in [-0.15, -0.1) is 6.07 Å². The van der Waals surface area contributed by atoms with Crippen LogP contribution in [0.4, 0.5) is 0 Å². The molecule has 2 aromatic rings. The van der Waals surface area contributed by atoms with E-state index >= 15 is 0 Å². The van der Waals surface area contributed by atoms with Gasteiger partial charge in [-0.2, -0.15) is 17.5 Å². The Balaban J connectivity index is 0.000000980. The van der Waals surface area contributed by atoms with Gasteiger partial charge in [0.1, 0.15) is 0 Å². The van der Waals surface area contributed by atoms with Crippen LogP contribution in [0.3, 0.4) is 0 Å². The van der Waals surface area contributed by atoms with Crippen molar-refractivity contribution in [3.05, 3.63) is 36.0 Å². The van der Waals surface area contributed by atoms with Crippen LogP contribution < -0.4 is 0 Å². The molecular formula is C12H14NY-. The minimum Gasteiger partial charge on any atom is -0.421 e. The van der Waals surface area contributed by atoms with E-state index in [2.05, 4.69) is 44.0 Å². The fraction of sp³-hybridized carbons (Fsp3) is 0.333. The number of hydrogen-bond acceptors (Lipinski definition) is 0. The molecule has 0 unspecified atom stereocenters. The van der Waals surface area contributed by atoms with Gasteiger partial charge in [-0.1, -0.05) is 44.1 Å². The van der Waals surface area contributed by atoms with Crippen molar-refractivity contribution >= 4 is 10.9 Å². The van der Waals surface area contributed by atoms with Crippen molar-refractivity contribution in [2.24, 2.45) is 0 Å². The topological polar surface area (TPSA) is 15.8 Å². The number of fused-ring (bicyclic) bond motifs is 1. The van der Waals surface area contributed by atoms with Crippen molar-refractivity contribution in [1.29, 1.82) is 0 Å². The van der Waals surface area contributed by atoms with Crippen LogP contribution in [0.1, 0.15) is 26.5 Å². The van der Waals surface area contributed by atoms with Gasteiger partial charge in [0, 0.05) is 32.7 Å². The molecule has 2 heteroatoms. The fourth-order valence-electron chi connectivity index (χ4n) is 1.38. The molecule has 0 aliphatic rings. The minimum absolute atomic E-state index is 0. The predicted octanol–water partition coefficient (Wildman–Crippen LogP) is 3.26. The van der Waals surface area contributed by atoms with E-state index in [0.717, 1.165) is 0 Å². The second-order valence-electron chi connectivity index (χ2n) is 4.42. The van der Waals surface area contributed by atoms with Gasteiger partial charge in [0.25, 0.3) is 0 Å². The zero-order valence-electron chi connectivity index (χ0n) is 8.89. The largest absolute Gasteiger partial charge is 0.421 e. The van der Waals surface area contributed by atoms with E-state index in [-0.39, 0.29) is 38.1 Å². The van der Waals surface area contributed by atoms with Gasteiger partial charge in [-0.25, -0.2) is 0 Å². The number of aromatic amines is 1. The summed E-state index contributed by atoms with van der Waals surface area (Å²) in [5.74, 6) is 0. The van der Waals surface area contributed by atoms with Crippen molar-refractivity contribution in [3.8, 4) is 0 Å². The van der Waals surface area contributed by atoms with Crippen molar-refractivity contribution < 1.29 is 32.7 Å². The first-order chi connectivity index (χ1) is 6.07. The van der Waals surface area contributed by atoms with E-state index in [9.17, 15) is 0 Å². The molecule has 0 spiro atoms. The van der Waals surface area contributed by atoms with E-state index in [4.69, 9.17) is 0 Å². The number of hydrogen-bond donors (Lipinski definition) is 1.